The Morgan fingerprint density at radius 2 is 1.78 bits per heavy atom. The van der Waals surface area contributed by atoms with Crippen LogP contribution in [0.2, 0.25) is 0 Å². The van der Waals surface area contributed by atoms with E-state index in [-0.39, 0.29) is 0 Å². The van der Waals surface area contributed by atoms with Gasteiger partial charge in [0.1, 0.15) is 10.6 Å². The van der Waals surface area contributed by atoms with Gasteiger partial charge < -0.3 is 12.0 Å². The van der Waals surface area contributed by atoms with Gasteiger partial charge in [-0.3, -0.25) is 0 Å². The molecule has 4 rings (SSSR count). The first kappa shape index (κ1) is 14.3. The average Bonchev–Trinajstić information content (AvgIpc) is 3.24. The van der Waals surface area contributed by atoms with Crippen LogP contribution in [-0.2, 0) is 0 Å². The summed E-state index contributed by atoms with van der Waals surface area (Å²) in [5, 5.41) is 2.83. The minimum atomic E-state index is -0.647. The fourth-order valence-corrected chi connectivity index (χ4v) is 3.51. The molecule has 2 heterocycles. The number of aromatic nitrogens is 1. The predicted octanol–water partition coefficient (Wildman–Crippen LogP) is 4.55. The molecule has 0 bridgehead atoms. The maximum absolute atomic E-state index is 5.83. The van der Waals surface area contributed by atoms with Crippen LogP contribution in [0.25, 0.3) is 22.6 Å². The Labute approximate surface area is 143 Å². The van der Waals surface area contributed by atoms with Gasteiger partial charge in [-0.25, -0.2) is 4.98 Å². The zero-order valence-corrected chi connectivity index (χ0v) is 14.0. The van der Waals surface area contributed by atoms with E-state index in [0.717, 1.165) is 21.7 Å². The van der Waals surface area contributed by atoms with E-state index >= 15 is 0 Å². The molecule has 2 aromatic carbocycles. The monoisotopic (exact) mass is 336 g/mol. The molecule has 2 aromatic heterocycles. The number of rotatable bonds is 5. The quantitative estimate of drug-likeness (QED) is 0.502. The molecule has 1 radical (unpaired) electrons. The van der Waals surface area contributed by atoms with Crippen LogP contribution in [0.3, 0.4) is 0 Å². The second kappa shape index (κ2) is 6.47. The van der Waals surface area contributed by atoms with Crippen LogP contribution < -0.4 is 7.58 Å². The summed E-state index contributed by atoms with van der Waals surface area (Å²) in [7, 11) is 0. The summed E-state index contributed by atoms with van der Waals surface area (Å²) >= 11 is 0.902. The topological polar surface area (TPSA) is 44.5 Å². The van der Waals surface area contributed by atoms with E-state index in [1.165, 1.54) is 0 Å². The molecule has 4 aromatic rings. The molecule has 6 heteroatoms. The lowest BCUT2D eigenvalue weighted by Crippen LogP contribution is -2.10. The van der Waals surface area contributed by atoms with Gasteiger partial charge in [0.25, 0.3) is 0 Å². The molecule has 0 N–H and O–H groups in total. The Balaban J connectivity index is 1.58. The van der Waals surface area contributed by atoms with Crippen LogP contribution >= 0.6 is 11.3 Å². The average molecular weight is 336 g/mol. The van der Waals surface area contributed by atoms with Crippen LogP contribution in [0, 0.1) is 0 Å². The van der Waals surface area contributed by atoms with Crippen LogP contribution in [-0.4, -0.2) is 20.9 Å². The lowest BCUT2D eigenvalue weighted by atomic mass is 10.2. The number of nitrogens with zero attached hydrogens (tertiary/aromatic N) is 1. The second-order valence-electron chi connectivity index (χ2n) is 4.75. The molecule has 0 amide bonds. The molecule has 0 unspecified atom stereocenters. The van der Waals surface area contributed by atoms with E-state index in [4.69, 9.17) is 12.0 Å². The third-order valence-electron chi connectivity index (χ3n) is 3.25. The number of thiophene rings is 1. The van der Waals surface area contributed by atoms with Crippen molar-refractivity contribution in [2.45, 2.75) is 0 Å². The molecule has 0 saturated heterocycles. The maximum atomic E-state index is 5.83. The zero-order valence-electron chi connectivity index (χ0n) is 12.0. The summed E-state index contributed by atoms with van der Waals surface area (Å²) in [4.78, 5) is 4.53. The lowest BCUT2D eigenvalue weighted by Gasteiger charge is -2.09. The number of fused-ring (bicyclic) bond motifs is 1. The van der Waals surface area contributed by atoms with Gasteiger partial charge in [-0.05, 0) is 41.8 Å². The highest BCUT2D eigenvalue weighted by Gasteiger charge is 2.15. The van der Waals surface area contributed by atoms with Gasteiger partial charge in [-0.2, -0.15) is 0 Å². The van der Waals surface area contributed by atoms with Crippen LogP contribution in [0.1, 0.15) is 0 Å². The van der Waals surface area contributed by atoms with E-state index < -0.39 is 15.9 Å². The summed E-state index contributed by atoms with van der Waals surface area (Å²) in [6.07, 6.45) is 0. The van der Waals surface area contributed by atoms with Crippen molar-refractivity contribution in [2.75, 3.05) is 0 Å². The van der Waals surface area contributed by atoms with Crippen molar-refractivity contribution in [1.29, 1.82) is 0 Å². The molecule has 0 fully saturated rings. The third-order valence-corrected chi connectivity index (χ3v) is 4.87. The lowest BCUT2D eigenvalue weighted by molar-refractivity contribution is 0.465. The van der Waals surface area contributed by atoms with E-state index in [2.05, 4.69) is 4.98 Å². The standard InChI is InChI=1S/C13H9NO2.C4H4OS.Al/c15-11-7-3-1-5-9(11)13-14-10-6-2-4-8-12(10)16-13;5-4-2-1-3-6-4;/h1-8,15H;1-3,5H;/q;;+2/p-2. The number of benzene rings is 2. The molecular weight excluding hydrogens is 325 g/mol. The smallest absolute Gasteiger partial charge is 0.615 e. The predicted molar refractivity (Wildman–Crippen MR) is 90.8 cm³/mol. The first-order chi connectivity index (χ1) is 11.4. The molecule has 0 aliphatic carbocycles. The fourth-order valence-electron chi connectivity index (χ4n) is 2.19. The number of hydrogen-bond donors (Lipinski definition) is 0. The summed E-state index contributed by atoms with van der Waals surface area (Å²) in [6.45, 7) is 0. The molecule has 0 aliphatic heterocycles. The van der Waals surface area contributed by atoms with Crippen LogP contribution in [0.15, 0.2) is 70.5 Å². The van der Waals surface area contributed by atoms with Crippen molar-refractivity contribution < 1.29 is 12.0 Å². The number of hydrogen-bond acceptors (Lipinski definition) is 5. The van der Waals surface area contributed by atoms with Gasteiger partial charge in [-0.15, -0.1) is 11.3 Å². The highest BCUT2D eigenvalue weighted by atomic mass is 32.1. The Kier molecular flexibility index (Phi) is 4.03. The minimum absolute atomic E-state index is 0.553. The van der Waals surface area contributed by atoms with Gasteiger partial charge in [-0.1, -0.05) is 24.3 Å². The molecule has 111 valence electrons. The van der Waals surface area contributed by atoms with Crippen LogP contribution in [0.5, 0.6) is 10.8 Å². The highest BCUT2D eigenvalue weighted by Crippen LogP contribution is 2.31. The Hall–Kier alpha value is -2.26. The summed E-state index contributed by atoms with van der Waals surface area (Å²) in [6, 6.07) is 19.3. The first-order valence-corrected chi connectivity index (χ1v) is 8.86. The van der Waals surface area contributed by atoms with Gasteiger partial charge in [0.05, 0.1) is 11.3 Å². The van der Waals surface area contributed by atoms with Crippen molar-refractivity contribution in [1.82, 2.24) is 4.98 Å². The molecule has 0 spiro atoms. The molecule has 0 aliphatic rings. The maximum Gasteiger partial charge on any atom is 0.882 e. The van der Waals surface area contributed by atoms with Crippen molar-refractivity contribution >= 4 is 38.3 Å². The highest BCUT2D eigenvalue weighted by molar-refractivity contribution is 7.11. The summed E-state index contributed by atoms with van der Waals surface area (Å²) < 4.78 is 17.3. The van der Waals surface area contributed by atoms with Gasteiger partial charge in [0, 0.05) is 0 Å². The molecule has 23 heavy (non-hydrogen) atoms. The van der Waals surface area contributed by atoms with Gasteiger partial charge in [0.2, 0.25) is 5.89 Å². The molecular formula is C17H11AlNO3S. The SMILES string of the molecule is c1csc([O][Al][O]c2ccccc2-c2nc3ccccc3o2)c1. The molecule has 0 saturated carbocycles. The third kappa shape index (κ3) is 3.10. The first-order valence-electron chi connectivity index (χ1n) is 7.03. The Bertz CT molecular complexity index is 887. The fraction of sp³-hybridized carbons (Fsp3) is 0. The Morgan fingerprint density at radius 1 is 0.913 bits per heavy atom. The summed E-state index contributed by atoms with van der Waals surface area (Å²) in [5.41, 5.74) is 2.42. The van der Waals surface area contributed by atoms with Crippen molar-refractivity contribution in [3.63, 3.8) is 0 Å². The summed E-state index contributed by atoms with van der Waals surface area (Å²) in [5.74, 6) is 1.27. The van der Waals surface area contributed by atoms with E-state index in [9.17, 15) is 0 Å². The van der Waals surface area contributed by atoms with Gasteiger partial charge in [0.15, 0.2) is 5.58 Å². The largest absolute Gasteiger partial charge is 0.882 e. The normalized spacial score (nSPS) is 10.6. The number of oxazole rings is 1. The van der Waals surface area contributed by atoms with E-state index in [1.54, 1.807) is 11.3 Å². The molecule has 0 atom stereocenters. The van der Waals surface area contributed by atoms with E-state index in [1.807, 2.05) is 66.0 Å². The Morgan fingerprint density at radius 3 is 2.65 bits per heavy atom. The minimum Gasteiger partial charge on any atom is -0.615 e. The molecule has 4 nitrogen and oxygen atoms in total. The van der Waals surface area contributed by atoms with Crippen molar-refractivity contribution in [3.8, 4) is 22.3 Å². The van der Waals surface area contributed by atoms with E-state index in [0.29, 0.717) is 11.6 Å². The zero-order chi connectivity index (χ0) is 15.5. The number of para-hydroxylation sites is 3. The van der Waals surface area contributed by atoms with Crippen LogP contribution in [0.4, 0.5) is 0 Å². The second-order valence-corrected chi connectivity index (χ2v) is 6.32. The van der Waals surface area contributed by atoms with Gasteiger partial charge >= 0.3 is 15.9 Å². The van der Waals surface area contributed by atoms with Crippen molar-refractivity contribution in [3.05, 3.63) is 66.0 Å². The van der Waals surface area contributed by atoms with Crippen molar-refractivity contribution in [2.24, 2.45) is 0 Å².